The van der Waals surface area contributed by atoms with Gasteiger partial charge in [0.15, 0.2) is 0 Å². The lowest BCUT2D eigenvalue weighted by atomic mass is 10.00. The average molecular weight is 401 g/mol. The van der Waals surface area contributed by atoms with E-state index in [0.29, 0.717) is 0 Å². The summed E-state index contributed by atoms with van der Waals surface area (Å²) in [6, 6.07) is 32.7. The van der Waals surface area contributed by atoms with Crippen molar-refractivity contribution in [1.29, 1.82) is 0 Å². The van der Waals surface area contributed by atoms with Crippen LogP contribution in [0.2, 0.25) is 0 Å². The Morgan fingerprint density at radius 1 is 0.577 bits per heavy atom. The fourth-order valence-corrected chi connectivity index (χ4v) is 3.56. The van der Waals surface area contributed by atoms with Crippen molar-refractivity contribution in [2.45, 2.75) is 6.04 Å². The highest BCUT2D eigenvalue weighted by molar-refractivity contribution is 9.10. The summed E-state index contributed by atoms with van der Waals surface area (Å²) in [6.07, 6.45) is 0. The maximum absolute atomic E-state index is 4.72. The van der Waals surface area contributed by atoms with Crippen LogP contribution in [0.5, 0.6) is 0 Å². The molecule has 2 nitrogen and oxygen atoms in total. The zero-order chi connectivity index (χ0) is 17.8. The van der Waals surface area contributed by atoms with E-state index in [0.717, 1.165) is 32.1 Å². The first-order valence-electron chi connectivity index (χ1n) is 8.51. The molecule has 0 aliphatic heterocycles. The molecule has 0 atom stereocenters. The van der Waals surface area contributed by atoms with Gasteiger partial charge in [0.05, 0.1) is 5.69 Å². The molecule has 26 heavy (non-hydrogen) atoms. The summed E-state index contributed by atoms with van der Waals surface area (Å²) in [6.45, 7) is 0. The molecule has 0 amide bonds. The minimum Gasteiger partial charge on any atom is -0.176 e. The zero-order valence-electron chi connectivity index (χ0n) is 14.1. The van der Waals surface area contributed by atoms with E-state index >= 15 is 0 Å². The molecule has 0 spiro atoms. The molecule has 0 heterocycles. The number of benzene rings is 4. The molecule has 0 saturated heterocycles. The molecule has 0 radical (unpaired) electrons. The molecule has 126 valence electrons. The van der Waals surface area contributed by atoms with Crippen molar-refractivity contribution < 1.29 is 0 Å². The lowest BCUT2D eigenvalue weighted by Crippen LogP contribution is -1.96. The summed E-state index contributed by atoms with van der Waals surface area (Å²) in [7, 11) is 0. The SMILES string of the molecule is Brc1cccc2c(N=NC(c3ccccc3)c3ccccc3)cccc12. The van der Waals surface area contributed by atoms with Crippen LogP contribution in [0.15, 0.2) is 112 Å². The molecule has 3 heteroatoms. The zero-order valence-corrected chi connectivity index (χ0v) is 15.7. The molecule has 0 saturated carbocycles. The lowest BCUT2D eigenvalue weighted by molar-refractivity contribution is 0.810. The Bertz CT molecular complexity index is 1000. The minimum absolute atomic E-state index is 0.125. The topological polar surface area (TPSA) is 24.7 Å². The second-order valence-electron chi connectivity index (χ2n) is 6.05. The summed E-state index contributed by atoms with van der Waals surface area (Å²) in [5, 5.41) is 11.6. The van der Waals surface area contributed by atoms with Crippen molar-refractivity contribution in [3.63, 3.8) is 0 Å². The highest BCUT2D eigenvalue weighted by Crippen LogP contribution is 2.33. The molecule has 0 bridgehead atoms. The smallest absolute Gasteiger partial charge is 0.121 e. The van der Waals surface area contributed by atoms with Gasteiger partial charge in [-0.25, -0.2) is 0 Å². The molecule has 0 unspecified atom stereocenters. The van der Waals surface area contributed by atoms with Crippen LogP contribution in [0.3, 0.4) is 0 Å². The second-order valence-corrected chi connectivity index (χ2v) is 6.91. The van der Waals surface area contributed by atoms with Gasteiger partial charge in [0, 0.05) is 9.86 Å². The van der Waals surface area contributed by atoms with Crippen LogP contribution in [-0.4, -0.2) is 0 Å². The number of nitrogens with zero attached hydrogens (tertiary/aromatic N) is 2. The van der Waals surface area contributed by atoms with Gasteiger partial charge in [-0.1, -0.05) is 101 Å². The fourth-order valence-electron chi connectivity index (χ4n) is 3.06. The van der Waals surface area contributed by atoms with E-state index in [9.17, 15) is 0 Å². The second kappa shape index (κ2) is 7.63. The van der Waals surface area contributed by atoms with Gasteiger partial charge < -0.3 is 0 Å². The van der Waals surface area contributed by atoms with Gasteiger partial charge in [0.25, 0.3) is 0 Å². The predicted molar refractivity (Wildman–Crippen MR) is 111 cm³/mol. The van der Waals surface area contributed by atoms with Gasteiger partial charge in [-0.15, -0.1) is 0 Å². The third-order valence-electron chi connectivity index (χ3n) is 4.36. The van der Waals surface area contributed by atoms with Gasteiger partial charge in [-0.2, -0.15) is 10.2 Å². The van der Waals surface area contributed by atoms with Crippen molar-refractivity contribution in [3.05, 3.63) is 113 Å². The first-order chi connectivity index (χ1) is 12.8. The van der Waals surface area contributed by atoms with E-state index in [1.54, 1.807) is 0 Å². The fraction of sp³-hybridized carbons (Fsp3) is 0.0435. The summed E-state index contributed by atoms with van der Waals surface area (Å²) < 4.78 is 1.06. The van der Waals surface area contributed by atoms with Crippen molar-refractivity contribution in [1.82, 2.24) is 0 Å². The van der Waals surface area contributed by atoms with Crippen LogP contribution in [0, 0.1) is 0 Å². The van der Waals surface area contributed by atoms with E-state index in [4.69, 9.17) is 5.11 Å². The maximum Gasteiger partial charge on any atom is 0.121 e. The van der Waals surface area contributed by atoms with Crippen LogP contribution in [0.25, 0.3) is 10.8 Å². The average Bonchev–Trinajstić information content (AvgIpc) is 2.70. The van der Waals surface area contributed by atoms with Crippen LogP contribution in [0.4, 0.5) is 5.69 Å². The highest BCUT2D eigenvalue weighted by atomic mass is 79.9. The van der Waals surface area contributed by atoms with Crippen LogP contribution in [0.1, 0.15) is 17.2 Å². The summed E-state index contributed by atoms with van der Waals surface area (Å²) in [5.74, 6) is 0. The minimum atomic E-state index is -0.125. The van der Waals surface area contributed by atoms with E-state index in [2.05, 4.69) is 57.4 Å². The molecular weight excluding hydrogens is 384 g/mol. The Morgan fingerprint density at radius 2 is 1.15 bits per heavy atom. The predicted octanol–water partition coefficient (Wildman–Crippen LogP) is 7.48. The van der Waals surface area contributed by atoms with Crippen molar-refractivity contribution >= 4 is 32.4 Å². The Hall–Kier alpha value is -2.78. The van der Waals surface area contributed by atoms with Gasteiger partial charge in [-0.05, 0) is 28.6 Å². The van der Waals surface area contributed by atoms with Gasteiger partial charge >= 0.3 is 0 Å². The number of fused-ring (bicyclic) bond motifs is 1. The molecule has 0 aliphatic rings. The molecule has 0 aromatic heterocycles. The lowest BCUT2D eigenvalue weighted by Gasteiger charge is -2.12. The Balaban J connectivity index is 1.79. The van der Waals surface area contributed by atoms with Crippen LogP contribution in [-0.2, 0) is 0 Å². The van der Waals surface area contributed by atoms with Gasteiger partial charge in [0.2, 0.25) is 0 Å². The van der Waals surface area contributed by atoms with E-state index < -0.39 is 0 Å². The Morgan fingerprint density at radius 3 is 1.81 bits per heavy atom. The van der Waals surface area contributed by atoms with Crippen molar-refractivity contribution in [2.24, 2.45) is 10.2 Å². The Labute approximate surface area is 161 Å². The first kappa shape index (κ1) is 16.7. The number of azo groups is 1. The van der Waals surface area contributed by atoms with E-state index in [-0.39, 0.29) is 6.04 Å². The quantitative estimate of drug-likeness (QED) is 0.317. The summed E-state index contributed by atoms with van der Waals surface area (Å²) >= 11 is 3.61. The molecular formula is C23H17BrN2. The number of rotatable bonds is 4. The largest absolute Gasteiger partial charge is 0.176 e. The van der Waals surface area contributed by atoms with Crippen LogP contribution < -0.4 is 0 Å². The third kappa shape index (κ3) is 3.44. The van der Waals surface area contributed by atoms with Gasteiger partial charge in [-0.3, -0.25) is 0 Å². The Kier molecular flexibility index (Phi) is 4.89. The number of halogens is 1. The van der Waals surface area contributed by atoms with E-state index in [1.807, 2.05) is 60.7 Å². The summed E-state index contributed by atoms with van der Waals surface area (Å²) in [4.78, 5) is 0. The molecule has 0 fully saturated rings. The number of hydrogen-bond acceptors (Lipinski definition) is 2. The van der Waals surface area contributed by atoms with Gasteiger partial charge in [0.1, 0.15) is 6.04 Å². The molecule has 0 aliphatic carbocycles. The number of hydrogen-bond donors (Lipinski definition) is 0. The van der Waals surface area contributed by atoms with Crippen LogP contribution >= 0.6 is 15.9 Å². The highest BCUT2D eigenvalue weighted by Gasteiger charge is 2.13. The molecule has 4 aromatic rings. The third-order valence-corrected chi connectivity index (χ3v) is 5.05. The monoisotopic (exact) mass is 400 g/mol. The standard InChI is InChI=1S/C23H17BrN2/c24-21-15-7-14-20-19(21)13-8-16-22(20)25-26-23(17-9-3-1-4-10-17)18-11-5-2-6-12-18/h1-16,23H. The van der Waals surface area contributed by atoms with E-state index in [1.165, 1.54) is 0 Å². The summed E-state index contributed by atoms with van der Waals surface area (Å²) in [5.41, 5.74) is 3.13. The maximum atomic E-state index is 4.72. The normalized spacial score (nSPS) is 11.5. The van der Waals surface area contributed by atoms with Crippen molar-refractivity contribution in [3.8, 4) is 0 Å². The molecule has 0 N–H and O–H groups in total. The first-order valence-corrected chi connectivity index (χ1v) is 9.30. The van der Waals surface area contributed by atoms with Crippen molar-refractivity contribution in [2.75, 3.05) is 0 Å². The molecule has 4 rings (SSSR count). The molecule has 4 aromatic carbocycles.